The van der Waals surface area contributed by atoms with Gasteiger partial charge in [-0.3, -0.25) is 14.4 Å². The van der Waals surface area contributed by atoms with Gasteiger partial charge in [0.15, 0.2) is 6.10 Å². The number of unbranched alkanes of at least 4 members (excludes halogenated alkanes) is 21. The lowest BCUT2D eigenvalue weighted by Gasteiger charge is -2.18. The van der Waals surface area contributed by atoms with Crippen molar-refractivity contribution in [3.63, 3.8) is 0 Å². The molecule has 0 heterocycles. The molecule has 6 heteroatoms. The minimum Gasteiger partial charge on any atom is -0.462 e. The first-order chi connectivity index (χ1) is 39.5. The van der Waals surface area contributed by atoms with Crippen LogP contribution in [0.4, 0.5) is 0 Å². The van der Waals surface area contributed by atoms with Gasteiger partial charge in [-0.1, -0.05) is 281 Å². The second-order valence-corrected chi connectivity index (χ2v) is 20.9. The highest BCUT2D eigenvalue weighted by molar-refractivity contribution is 5.72. The molecule has 450 valence electrons. The van der Waals surface area contributed by atoms with E-state index in [1.54, 1.807) is 6.08 Å². The van der Waals surface area contributed by atoms with Crippen molar-refractivity contribution in [3.8, 4) is 0 Å². The van der Waals surface area contributed by atoms with Crippen LogP contribution in [0.15, 0.2) is 158 Å². The number of esters is 3. The van der Waals surface area contributed by atoms with Gasteiger partial charge in [-0.05, 0) is 128 Å². The van der Waals surface area contributed by atoms with Gasteiger partial charge >= 0.3 is 17.9 Å². The summed E-state index contributed by atoms with van der Waals surface area (Å²) in [6.45, 7) is 6.30. The monoisotopic (exact) mass is 1100 g/mol. The van der Waals surface area contributed by atoms with Crippen molar-refractivity contribution in [3.05, 3.63) is 158 Å². The summed E-state index contributed by atoms with van der Waals surface area (Å²) in [7, 11) is 0. The molecular weight excluding hydrogens is 985 g/mol. The van der Waals surface area contributed by atoms with Crippen molar-refractivity contribution in [1.29, 1.82) is 0 Å². The van der Waals surface area contributed by atoms with E-state index in [-0.39, 0.29) is 31.6 Å². The molecule has 6 nitrogen and oxygen atoms in total. The third-order valence-electron chi connectivity index (χ3n) is 13.3. The fourth-order valence-corrected chi connectivity index (χ4v) is 8.49. The number of carbonyl (C=O) groups is 3. The molecule has 0 aromatic rings. The van der Waals surface area contributed by atoms with E-state index in [2.05, 4.69) is 167 Å². The molecule has 0 radical (unpaired) electrons. The van der Waals surface area contributed by atoms with Crippen LogP contribution in [0.1, 0.15) is 271 Å². The summed E-state index contributed by atoms with van der Waals surface area (Å²) in [5.41, 5.74) is 0. The van der Waals surface area contributed by atoms with Gasteiger partial charge in [0, 0.05) is 12.8 Å². The normalized spacial score (nSPS) is 13.2. The second kappa shape index (κ2) is 66.5. The van der Waals surface area contributed by atoms with Gasteiger partial charge in [-0.15, -0.1) is 0 Å². The average Bonchev–Trinajstić information content (AvgIpc) is 3.46. The standard InChI is InChI=1S/C74H118O6/c1-4-7-10-13-16-19-22-25-28-30-32-33-34-35-36-37-38-39-40-41-42-44-46-49-52-55-58-61-64-67-73(76)79-70-71(69-78-72(75)66-63-60-57-54-51-48-45-27-24-21-18-15-12-9-6-3)80-74(77)68-65-62-59-56-53-50-47-43-31-29-26-23-20-17-14-11-8-5-2/h7,9-10,12,16,18-21,23,25,27-29,31-33,35-36,38-39,45,51,54,60,63,71H,4-6,8,11,13-15,17,22,24,26,30,34,37,40-44,46-50,52-53,55-59,61-62,64-70H2,1-3H3/b10-7-,12-9-,19-16-,21-18-,23-20-,28-25-,31-29-,33-32-,36-35-,39-38-,45-27-,54-51-,63-60-. The summed E-state index contributed by atoms with van der Waals surface area (Å²) in [6.07, 6.45) is 97.0. The van der Waals surface area contributed by atoms with E-state index in [0.717, 1.165) is 128 Å². The van der Waals surface area contributed by atoms with Crippen molar-refractivity contribution in [1.82, 2.24) is 0 Å². The van der Waals surface area contributed by atoms with E-state index in [1.165, 1.54) is 103 Å². The van der Waals surface area contributed by atoms with E-state index in [1.807, 2.05) is 6.08 Å². The van der Waals surface area contributed by atoms with Crippen LogP contribution in [0, 0.1) is 0 Å². The topological polar surface area (TPSA) is 78.9 Å². The molecule has 0 saturated carbocycles. The van der Waals surface area contributed by atoms with Crippen LogP contribution in [0.5, 0.6) is 0 Å². The SMILES string of the molecule is CC/C=C\C/C=C\C/C=C\C/C=C\C/C=C\C/C=C\CCCCCCCCCCCCC(=O)OCC(COC(=O)C/C=C\C/C=C\C/C=C\C/C=C\C/C=C\CC)OC(=O)CCCCCCCCC/C=C\C/C=C\CCCCCC. The van der Waals surface area contributed by atoms with Crippen molar-refractivity contribution in [2.45, 2.75) is 277 Å². The molecule has 0 aliphatic heterocycles. The van der Waals surface area contributed by atoms with Crippen LogP contribution in [0.25, 0.3) is 0 Å². The third-order valence-corrected chi connectivity index (χ3v) is 13.3. The zero-order chi connectivity index (χ0) is 57.8. The Morgan fingerprint density at radius 2 is 0.537 bits per heavy atom. The number of hydrogen-bond acceptors (Lipinski definition) is 6. The van der Waals surface area contributed by atoms with E-state index in [4.69, 9.17) is 14.2 Å². The first-order valence-electron chi connectivity index (χ1n) is 32.5. The van der Waals surface area contributed by atoms with Gasteiger partial charge < -0.3 is 14.2 Å². The lowest BCUT2D eigenvalue weighted by Crippen LogP contribution is -2.30. The van der Waals surface area contributed by atoms with Gasteiger partial charge in [0.2, 0.25) is 0 Å². The number of hydrogen-bond donors (Lipinski definition) is 0. The molecular formula is C74H118O6. The molecule has 0 bridgehead atoms. The molecule has 0 aliphatic carbocycles. The molecule has 0 aliphatic rings. The maximum absolute atomic E-state index is 12.9. The highest BCUT2D eigenvalue weighted by Crippen LogP contribution is 2.15. The lowest BCUT2D eigenvalue weighted by atomic mass is 10.1. The Morgan fingerprint density at radius 1 is 0.275 bits per heavy atom. The molecule has 0 saturated heterocycles. The summed E-state index contributed by atoms with van der Waals surface area (Å²) in [5.74, 6) is -1.07. The minimum atomic E-state index is -0.832. The lowest BCUT2D eigenvalue weighted by molar-refractivity contribution is -0.166. The molecule has 1 unspecified atom stereocenters. The zero-order valence-electron chi connectivity index (χ0n) is 51.5. The molecule has 1 atom stereocenters. The van der Waals surface area contributed by atoms with Crippen LogP contribution in [0.3, 0.4) is 0 Å². The van der Waals surface area contributed by atoms with Crippen LogP contribution >= 0.6 is 0 Å². The summed E-state index contributed by atoms with van der Waals surface area (Å²) in [5, 5.41) is 0. The Morgan fingerprint density at radius 3 is 0.875 bits per heavy atom. The zero-order valence-corrected chi connectivity index (χ0v) is 51.5. The molecule has 0 amide bonds. The highest BCUT2D eigenvalue weighted by atomic mass is 16.6. The van der Waals surface area contributed by atoms with Gasteiger partial charge in [-0.2, -0.15) is 0 Å². The van der Waals surface area contributed by atoms with Gasteiger partial charge in [0.1, 0.15) is 13.2 Å². The Balaban J connectivity index is 4.42. The Kier molecular flexibility index (Phi) is 62.4. The predicted molar refractivity (Wildman–Crippen MR) is 348 cm³/mol. The summed E-state index contributed by atoms with van der Waals surface area (Å²) < 4.78 is 16.8. The second-order valence-electron chi connectivity index (χ2n) is 20.9. The quantitative estimate of drug-likeness (QED) is 0.0261. The first kappa shape index (κ1) is 75.0. The van der Waals surface area contributed by atoms with Crippen molar-refractivity contribution in [2.24, 2.45) is 0 Å². The molecule has 0 rings (SSSR count). The Labute approximate surface area is 492 Å². The van der Waals surface area contributed by atoms with Gasteiger partial charge in [0.25, 0.3) is 0 Å². The molecule has 0 aromatic heterocycles. The third kappa shape index (κ3) is 63.9. The maximum Gasteiger partial charge on any atom is 0.309 e. The number of rotatable bonds is 57. The minimum absolute atomic E-state index is 0.118. The van der Waals surface area contributed by atoms with Gasteiger partial charge in [-0.25, -0.2) is 0 Å². The van der Waals surface area contributed by atoms with Crippen LogP contribution < -0.4 is 0 Å². The van der Waals surface area contributed by atoms with Crippen LogP contribution in [0.2, 0.25) is 0 Å². The summed E-state index contributed by atoms with van der Waals surface area (Å²) in [6, 6.07) is 0. The average molecular weight is 1100 g/mol. The summed E-state index contributed by atoms with van der Waals surface area (Å²) >= 11 is 0. The fraction of sp³-hybridized carbons (Fsp3) is 0.608. The number of allylic oxidation sites excluding steroid dienone is 25. The van der Waals surface area contributed by atoms with E-state index in [0.29, 0.717) is 12.8 Å². The van der Waals surface area contributed by atoms with E-state index < -0.39 is 12.1 Å². The van der Waals surface area contributed by atoms with Crippen molar-refractivity contribution in [2.75, 3.05) is 13.2 Å². The molecule has 0 fully saturated rings. The molecule has 0 spiro atoms. The van der Waals surface area contributed by atoms with Crippen LogP contribution in [-0.2, 0) is 28.6 Å². The maximum atomic E-state index is 12.9. The van der Waals surface area contributed by atoms with Gasteiger partial charge in [0.05, 0.1) is 6.42 Å². The van der Waals surface area contributed by atoms with Crippen molar-refractivity contribution < 1.29 is 28.6 Å². The Bertz CT molecular complexity index is 1790. The predicted octanol–water partition coefficient (Wildman–Crippen LogP) is 22.5. The van der Waals surface area contributed by atoms with Crippen molar-refractivity contribution >= 4 is 17.9 Å². The van der Waals surface area contributed by atoms with E-state index in [9.17, 15) is 14.4 Å². The number of ether oxygens (including phenoxy) is 3. The number of carbonyl (C=O) groups excluding carboxylic acids is 3. The molecule has 80 heavy (non-hydrogen) atoms. The summed E-state index contributed by atoms with van der Waals surface area (Å²) in [4.78, 5) is 38.3. The van der Waals surface area contributed by atoms with E-state index >= 15 is 0 Å². The fourth-order valence-electron chi connectivity index (χ4n) is 8.49. The highest BCUT2D eigenvalue weighted by Gasteiger charge is 2.19. The molecule has 0 aromatic carbocycles. The first-order valence-corrected chi connectivity index (χ1v) is 32.5. The van der Waals surface area contributed by atoms with Crippen LogP contribution in [-0.4, -0.2) is 37.2 Å². The largest absolute Gasteiger partial charge is 0.462 e. The smallest absolute Gasteiger partial charge is 0.309 e. The molecule has 0 N–H and O–H groups in total. The Hall–Kier alpha value is -4.97.